The standard InChI is InChI=1S/C16H30N2O2S/c1-7-21-9-8-12(6)18-14(11(4)5)15(19)17-13(10(2)3)16(18)20/h10-14H,7-9H2,1-6H3,(H,17,19). The van der Waals surface area contributed by atoms with Gasteiger partial charge in [-0.3, -0.25) is 9.59 Å². The second kappa shape index (κ2) is 8.06. The number of hydrogen-bond acceptors (Lipinski definition) is 3. The predicted molar refractivity (Wildman–Crippen MR) is 89.3 cm³/mol. The topological polar surface area (TPSA) is 49.4 Å². The van der Waals surface area contributed by atoms with E-state index < -0.39 is 0 Å². The van der Waals surface area contributed by atoms with Gasteiger partial charge in [0.1, 0.15) is 12.1 Å². The van der Waals surface area contributed by atoms with Crippen molar-refractivity contribution in [3.63, 3.8) is 0 Å². The highest BCUT2D eigenvalue weighted by molar-refractivity contribution is 7.99. The van der Waals surface area contributed by atoms with Gasteiger partial charge in [0, 0.05) is 6.04 Å². The number of piperazine rings is 1. The molecule has 3 unspecified atom stereocenters. The van der Waals surface area contributed by atoms with Crippen LogP contribution >= 0.6 is 11.8 Å². The van der Waals surface area contributed by atoms with Gasteiger partial charge >= 0.3 is 0 Å². The number of nitrogens with one attached hydrogen (secondary N) is 1. The van der Waals surface area contributed by atoms with E-state index in [2.05, 4.69) is 19.2 Å². The highest BCUT2D eigenvalue weighted by Crippen LogP contribution is 2.24. The molecule has 0 radical (unpaired) electrons. The molecule has 5 heteroatoms. The van der Waals surface area contributed by atoms with Gasteiger partial charge in [0.15, 0.2) is 0 Å². The normalized spacial score (nSPS) is 24.7. The van der Waals surface area contributed by atoms with Crippen LogP contribution in [0.25, 0.3) is 0 Å². The lowest BCUT2D eigenvalue weighted by atomic mass is 9.91. The third-order valence-corrected chi connectivity index (χ3v) is 4.98. The molecule has 0 aromatic heterocycles. The zero-order chi connectivity index (χ0) is 16.2. The molecule has 0 saturated carbocycles. The SMILES string of the molecule is CCSCCC(C)N1C(=O)C(C(C)C)NC(=O)C1C(C)C. The molecule has 122 valence electrons. The van der Waals surface area contributed by atoms with E-state index in [9.17, 15) is 9.59 Å². The first-order valence-electron chi connectivity index (χ1n) is 8.01. The van der Waals surface area contributed by atoms with E-state index in [-0.39, 0.29) is 41.8 Å². The Bertz CT molecular complexity index is 371. The van der Waals surface area contributed by atoms with Gasteiger partial charge in [-0.25, -0.2) is 0 Å². The van der Waals surface area contributed by atoms with Gasteiger partial charge in [-0.2, -0.15) is 11.8 Å². The second-order valence-corrected chi connectivity index (χ2v) is 7.89. The van der Waals surface area contributed by atoms with Crippen molar-refractivity contribution in [3.8, 4) is 0 Å². The number of nitrogens with zero attached hydrogens (tertiary/aromatic N) is 1. The lowest BCUT2D eigenvalue weighted by Crippen LogP contribution is -2.67. The van der Waals surface area contributed by atoms with Crippen LogP contribution in [0, 0.1) is 11.8 Å². The quantitative estimate of drug-likeness (QED) is 0.735. The number of carbonyl (C=O) groups excluding carboxylic acids is 2. The fourth-order valence-electron chi connectivity index (χ4n) is 2.83. The minimum Gasteiger partial charge on any atom is -0.342 e. The molecule has 0 aliphatic carbocycles. The Morgan fingerprint density at radius 3 is 2.24 bits per heavy atom. The zero-order valence-electron chi connectivity index (χ0n) is 14.2. The van der Waals surface area contributed by atoms with Crippen molar-refractivity contribution in [2.45, 2.75) is 66.1 Å². The van der Waals surface area contributed by atoms with Gasteiger partial charge in [-0.1, -0.05) is 34.6 Å². The summed E-state index contributed by atoms with van der Waals surface area (Å²) >= 11 is 1.88. The summed E-state index contributed by atoms with van der Waals surface area (Å²) in [4.78, 5) is 27.1. The largest absolute Gasteiger partial charge is 0.342 e. The molecule has 0 bridgehead atoms. The molecule has 2 amide bonds. The predicted octanol–water partition coefficient (Wildman–Crippen LogP) is 2.53. The highest BCUT2D eigenvalue weighted by Gasteiger charge is 2.44. The third-order valence-electron chi connectivity index (χ3n) is 4.04. The van der Waals surface area contributed by atoms with Crippen LogP contribution in [0.2, 0.25) is 0 Å². The van der Waals surface area contributed by atoms with E-state index >= 15 is 0 Å². The van der Waals surface area contributed by atoms with Gasteiger partial charge < -0.3 is 10.2 Å². The Balaban J connectivity index is 2.94. The average Bonchev–Trinajstić information content (AvgIpc) is 2.39. The van der Waals surface area contributed by atoms with Crippen molar-refractivity contribution in [1.82, 2.24) is 10.2 Å². The molecule has 3 atom stereocenters. The van der Waals surface area contributed by atoms with Crippen molar-refractivity contribution >= 4 is 23.6 Å². The van der Waals surface area contributed by atoms with E-state index in [1.54, 1.807) is 0 Å². The summed E-state index contributed by atoms with van der Waals surface area (Å²) in [5.74, 6) is 2.44. The maximum Gasteiger partial charge on any atom is 0.246 e. The van der Waals surface area contributed by atoms with Crippen LogP contribution in [0.4, 0.5) is 0 Å². The van der Waals surface area contributed by atoms with Crippen LogP contribution in [0.5, 0.6) is 0 Å². The molecule has 0 spiro atoms. The molecule has 1 saturated heterocycles. The van der Waals surface area contributed by atoms with Crippen LogP contribution in [0.1, 0.15) is 48.0 Å². The molecule has 1 heterocycles. The smallest absolute Gasteiger partial charge is 0.246 e. The summed E-state index contributed by atoms with van der Waals surface area (Å²) in [5.41, 5.74) is 0. The van der Waals surface area contributed by atoms with Gasteiger partial charge in [-0.05, 0) is 36.7 Å². The van der Waals surface area contributed by atoms with Crippen LogP contribution in [0.3, 0.4) is 0 Å². The molecule has 1 fully saturated rings. The van der Waals surface area contributed by atoms with E-state index in [1.807, 2.05) is 44.4 Å². The fourth-order valence-corrected chi connectivity index (χ4v) is 3.63. The Kier molecular flexibility index (Phi) is 7.04. The molecule has 0 aromatic carbocycles. The Morgan fingerprint density at radius 2 is 1.76 bits per heavy atom. The lowest BCUT2D eigenvalue weighted by Gasteiger charge is -2.45. The van der Waals surface area contributed by atoms with Crippen molar-refractivity contribution < 1.29 is 9.59 Å². The number of rotatable bonds is 7. The third kappa shape index (κ3) is 4.38. The first kappa shape index (κ1) is 18.3. The first-order chi connectivity index (χ1) is 9.81. The highest BCUT2D eigenvalue weighted by atomic mass is 32.2. The summed E-state index contributed by atoms with van der Waals surface area (Å²) in [5, 5.41) is 2.91. The summed E-state index contributed by atoms with van der Waals surface area (Å²) < 4.78 is 0. The van der Waals surface area contributed by atoms with Crippen LogP contribution < -0.4 is 5.32 Å². The van der Waals surface area contributed by atoms with Crippen molar-refractivity contribution in [1.29, 1.82) is 0 Å². The minimum atomic E-state index is -0.381. The number of thioether (sulfide) groups is 1. The van der Waals surface area contributed by atoms with Crippen LogP contribution in [-0.4, -0.2) is 46.3 Å². The zero-order valence-corrected chi connectivity index (χ0v) is 15.0. The number of amides is 2. The second-order valence-electron chi connectivity index (χ2n) is 6.50. The molecular formula is C16H30N2O2S. The molecule has 0 aromatic rings. The average molecular weight is 314 g/mol. The van der Waals surface area contributed by atoms with Crippen LogP contribution in [0.15, 0.2) is 0 Å². The van der Waals surface area contributed by atoms with Crippen molar-refractivity contribution in [2.24, 2.45) is 11.8 Å². The maximum atomic E-state index is 12.8. The molecule has 1 aliphatic rings. The van der Waals surface area contributed by atoms with E-state index in [4.69, 9.17) is 0 Å². The van der Waals surface area contributed by atoms with E-state index in [0.717, 1.165) is 17.9 Å². The molecular weight excluding hydrogens is 284 g/mol. The summed E-state index contributed by atoms with van der Waals surface area (Å²) in [6.45, 7) is 12.2. The summed E-state index contributed by atoms with van der Waals surface area (Å²) in [6, 6.07) is -0.612. The number of carbonyl (C=O) groups is 2. The molecule has 1 aliphatic heterocycles. The maximum absolute atomic E-state index is 12.8. The minimum absolute atomic E-state index is 0.00158. The molecule has 1 N–H and O–H groups in total. The van der Waals surface area contributed by atoms with Crippen molar-refractivity contribution in [2.75, 3.05) is 11.5 Å². The monoisotopic (exact) mass is 314 g/mol. The molecule has 21 heavy (non-hydrogen) atoms. The van der Waals surface area contributed by atoms with Gasteiger partial charge in [-0.15, -0.1) is 0 Å². The van der Waals surface area contributed by atoms with E-state index in [0.29, 0.717) is 0 Å². The molecule has 4 nitrogen and oxygen atoms in total. The Hall–Kier alpha value is -0.710. The van der Waals surface area contributed by atoms with Crippen molar-refractivity contribution in [3.05, 3.63) is 0 Å². The van der Waals surface area contributed by atoms with Gasteiger partial charge in [0.2, 0.25) is 11.8 Å². The fraction of sp³-hybridized carbons (Fsp3) is 0.875. The Labute approximate surface area is 133 Å². The summed E-state index contributed by atoms with van der Waals surface area (Å²) in [7, 11) is 0. The lowest BCUT2D eigenvalue weighted by molar-refractivity contribution is -0.155. The summed E-state index contributed by atoms with van der Waals surface area (Å²) in [6.07, 6.45) is 0.936. The van der Waals surface area contributed by atoms with Crippen LogP contribution in [-0.2, 0) is 9.59 Å². The van der Waals surface area contributed by atoms with Gasteiger partial charge in [0.25, 0.3) is 0 Å². The van der Waals surface area contributed by atoms with E-state index in [1.165, 1.54) is 0 Å². The van der Waals surface area contributed by atoms with Gasteiger partial charge in [0.05, 0.1) is 0 Å². The first-order valence-corrected chi connectivity index (χ1v) is 9.17. The Morgan fingerprint density at radius 1 is 1.14 bits per heavy atom. The number of hydrogen-bond donors (Lipinski definition) is 1. The molecule has 1 rings (SSSR count).